The Bertz CT molecular complexity index is 439. The molecule has 1 N–H and O–H groups in total. The van der Waals surface area contributed by atoms with Gasteiger partial charge >= 0.3 is 0 Å². The van der Waals surface area contributed by atoms with E-state index in [0.29, 0.717) is 0 Å². The molecule has 5 nitrogen and oxygen atoms in total. The quantitative estimate of drug-likeness (QED) is 0.897. The van der Waals surface area contributed by atoms with Gasteiger partial charge < -0.3 is 10.2 Å². The van der Waals surface area contributed by atoms with E-state index in [1.165, 1.54) is 0 Å². The summed E-state index contributed by atoms with van der Waals surface area (Å²) >= 11 is 0. The second kappa shape index (κ2) is 5.99. The first kappa shape index (κ1) is 13.8. The lowest BCUT2D eigenvalue weighted by Gasteiger charge is -2.31. The fourth-order valence-electron chi connectivity index (χ4n) is 2.33. The monoisotopic (exact) mass is 262 g/mol. The van der Waals surface area contributed by atoms with Crippen molar-refractivity contribution in [3.8, 4) is 0 Å². The lowest BCUT2D eigenvalue weighted by molar-refractivity contribution is -0.126. The highest BCUT2D eigenvalue weighted by Crippen LogP contribution is 2.20. The van der Waals surface area contributed by atoms with Crippen molar-refractivity contribution in [1.29, 1.82) is 0 Å². The molecule has 0 spiro atoms. The zero-order chi connectivity index (χ0) is 13.8. The highest BCUT2D eigenvalue weighted by atomic mass is 16.1. The number of rotatable bonds is 3. The standard InChI is InChI=1S/C14H22N4O/c1-10(2)16-13(19)12-5-8-18(9-6-12)14-15-7-4-11(3)17-14/h4,7,10,12H,5-6,8-9H2,1-3H3,(H,16,19). The second-order valence-corrected chi connectivity index (χ2v) is 5.42. The molecule has 0 atom stereocenters. The van der Waals surface area contributed by atoms with Crippen molar-refractivity contribution in [3.63, 3.8) is 0 Å². The maximum absolute atomic E-state index is 11.9. The maximum Gasteiger partial charge on any atom is 0.225 e. The van der Waals surface area contributed by atoms with E-state index >= 15 is 0 Å². The predicted molar refractivity (Wildman–Crippen MR) is 75.0 cm³/mol. The third-order valence-corrected chi connectivity index (χ3v) is 3.36. The second-order valence-electron chi connectivity index (χ2n) is 5.42. The van der Waals surface area contributed by atoms with Crippen LogP contribution in [0.3, 0.4) is 0 Å². The van der Waals surface area contributed by atoms with Crippen molar-refractivity contribution in [3.05, 3.63) is 18.0 Å². The van der Waals surface area contributed by atoms with Crippen LogP contribution in [0.5, 0.6) is 0 Å². The molecule has 1 aromatic heterocycles. The topological polar surface area (TPSA) is 58.1 Å². The van der Waals surface area contributed by atoms with Gasteiger partial charge in [0.2, 0.25) is 11.9 Å². The van der Waals surface area contributed by atoms with Crippen LogP contribution in [-0.4, -0.2) is 35.0 Å². The van der Waals surface area contributed by atoms with Crippen LogP contribution < -0.4 is 10.2 Å². The summed E-state index contributed by atoms with van der Waals surface area (Å²) in [5.41, 5.74) is 0.977. The summed E-state index contributed by atoms with van der Waals surface area (Å²) in [6.45, 7) is 7.65. The molecule has 0 bridgehead atoms. The summed E-state index contributed by atoms with van der Waals surface area (Å²) in [6, 6.07) is 2.11. The van der Waals surface area contributed by atoms with E-state index in [1.54, 1.807) is 6.20 Å². The van der Waals surface area contributed by atoms with Crippen LogP contribution in [0.4, 0.5) is 5.95 Å². The number of hydrogen-bond acceptors (Lipinski definition) is 4. The highest BCUT2D eigenvalue weighted by molar-refractivity contribution is 5.79. The van der Waals surface area contributed by atoms with Crippen molar-refractivity contribution in [1.82, 2.24) is 15.3 Å². The molecular weight excluding hydrogens is 240 g/mol. The number of aromatic nitrogens is 2. The summed E-state index contributed by atoms with van der Waals surface area (Å²) in [4.78, 5) is 22.8. The molecule has 1 aromatic rings. The Morgan fingerprint density at radius 3 is 2.68 bits per heavy atom. The van der Waals surface area contributed by atoms with Gasteiger partial charge in [-0.1, -0.05) is 0 Å². The van der Waals surface area contributed by atoms with Gasteiger partial charge in [-0.05, 0) is 39.7 Å². The minimum absolute atomic E-state index is 0.128. The number of anilines is 1. The number of carbonyl (C=O) groups is 1. The highest BCUT2D eigenvalue weighted by Gasteiger charge is 2.26. The largest absolute Gasteiger partial charge is 0.354 e. The Morgan fingerprint density at radius 2 is 2.11 bits per heavy atom. The van der Waals surface area contributed by atoms with E-state index < -0.39 is 0 Å². The molecular formula is C14H22N4O. The van der Waals surface area contributed by atoms with Gasteiger partial charge in [0, 0.05) is 36.9 Å². The Hall–Kier alpha value is -1.65. The van der Waals surface area contributed by atoms with Gasteiger partial charge in [-0.3, -0.25) is 4.79 Å². The van der Waals surface area contributed by atoms with Gasteiger partial charge in [0.15, 0.2) is 0 Å². The van der Waals surface area contributed by atoms with Crippen LogP contribution in [0.15, 0.2) is 12.3 Å². The Labute approximate surface area is 114 Å². The molecule has 0 aliphatic carbocycles. The lowest BCUT2D eigenvalue weighted by atomic mass is 9.96. The number of piperidine rings is 1. The van der Waals surface area contributed by atoms with Gasteiger partial charge in [-0.15, -0.1) is 0 Å². The molecule has 0 unspecified atom stereocenters. The third-order valence-electron chi connectivity index (χ3n) is 3.36. The summed E-state index contributed by atoms with van der Waals surface area (Å²) in [5, 5.41) is 2.99. The normalized spacial score (nSPS) is 16.7. The molecule has 0 radical (unpaired) electrons. The van der Waals surface area contributed by atoms with Crippen LogP contribution >= 0.6 is 0 Å². The minimum atomic E-state index is 0.128. The molecule has 5 heteroatoms. The minimum Gasteiger partial charge on any atom is -0.354 e. The number of nitrogens with zero attached hydrogens (tertiary/aromatic N) is 3. The van der Waals surface area contributed by atoms with Crippen LogP contribution in [0.1, 0.15) is 32.4 Å². The van der Waals surface area contributed by atoms with Crippen molar-refractivity contribution >= 4 is 11.9 Å². The zero-order valence-corrected chi connectivity index (χ0v) is 11.9. The average molecular weight is 262 g/mol. The fourth-order valence-corrected chi connectivity index (χ4v) is 2.33. The van der Waals surface area contributed by atoms with Gasteiger partial charge in [0.05, 0.1) is 0 Å². The maximum atomic E-state index is 11.9. The SMILES string of the molecule is Cc1ccnc(N2CCC(C(=O)NC(C)C)CC2)n1. The number of nitrogens with one attached hydrogen (secondary N) is 1. The van der Waals surface area contributed by atoms with E-state index in [4.69, 9.17) is 0 Å². The van der Waals surface area contributed by atoms with E-state index in [-0.39, 0.29) is 17.9 Å². The Morgan fingerprint density at radius 1 is 1.42 bits per heavy atom. The van der Waals surface area contributed by atoms with Gasteiger partial charge in [-0.2, -0.15) is 0 Å². The summed E-state index contributed by atoms with van der Waals surface area (Å²) in [6.07, 6.45) is 3.53. The van der Waals surface area contributed by atoms with Crippen molar-refractivity contribution < 1.29 is 4.79 Å². The molecule has 0 saturated carbocycles. The Balaban J connectivity index is 1.90. The molecule has 2 rings (SSSR count). The van der Waals surface area contributed by atoms with Crippen molar-refractivity contribution in [2.75, 3.05) is 18.0 Å². The zero-order valence-electron chi connectivity index (χ0n) is 11.9. The smallest absolute Gasteiger partial charge is 0.225 e. The first-order chi connectivity index (χ1) is 9.06. The Kier molecular flexibility index (Phi) is 4.35. The molecule has 19 heavy (non-hydrogen) atoms. The van der Waals surface area contributed by atoms with Gasteiger partial charge in [0.25, 0.3) is 0 Å². The van der Waals surface area contributed by atoms with Crippen molar-refractivity contribution in [2.45, 2.75) is 39.7 Å². The van der Waals surface area contributed by atoms with Crippen LogP contribution in [0.25, 0.3) is 0 Å². The van der Waals surface area contributed by atoms with Gasteiger partial charge in [-0.25, -0.2) is 9.97 Å². The number of amides is 1. The summed E-state index contributed by atoms with van der Waals surface area (Å²) < 4.78 is 0. The molecule has 1 aliphatic heterocycles. The lowest BCUT2D eigenvalue weighted by Crippen LogP contribution is -2.42. The van der Waals surface area contributed by atoms with E-state index in [1.807, 2.05) is 26.8 Å². The average Bonchev–Trinajstić information content (AvgIpc) is 2.38. The molecule has 1 fully saturated rings. The predicted octanol–water partition coefficient (Wildman–Crippen LogP) is 1.53. The third kappa shape index (κ3) is 3.66. The van der Waals surface area contributed by atoms with E-state index in [0.717, 1.165) is 37.6 Å². The van der Waals surface area contributed by atoms with Crippen molar-refractivity contribution in [2.24, 2.45) is 5.92 Å². The number of hydrogen-bond donors (Lipinski definition) is 1. The molecule has 0 aromatic carbocycles. The molecule has 104 valence electrons. The molecule has 1 aliphatic rings. The first-order valence-electron chi connectivity index (χ1n) is 6.91. The number of aryl methyl sites for hydroxylation is 1. The van der Waals surface area contributed by atoms with Crippen LogP contribution in [0, 0.1) is 12.8 Å². The molecule has 1 saturated heterocycles. The summed E-state index contributed by atoms with van der Waals surface area (Å²) in [7, 11) is 0. The van der Waals surface area contributed by atoms with Crippen LogP contribution in [-0.2, 0) is 4.79 Å². The summed E-state index contributed by atoms with van der Waals surface area (Å²) in [5.74, 6) is 1.09. The van der Waals surface area contributed by atoms with Gasteiger partial charge in [0.1, 0.15) is 0 Å². The molecule has 1 amide bonds. The molecule has 2 heterocycles. The van der Waals surface area contributed by atoms with Crippen LogP contribution in [0.2, 0.25) is 0 Å². The van der Waals surface area contributed by atoms with E-state index in [9.17, 15) is 4.79 Å². The first-order valence-corrected chi connectivity index (χ1v) is 6.91. The fraction of sp³-hybridized carbons (Fsp3) is 0.643. The van der Waals surface area contributed by atoms with E-state index in [2.05, 4.69) is 20.2 Å². The number of carbonyl (C=O) groups excluding carboxylic acids is 1.